The number of fused-ring (bicyclic) bond motifs is 1. The molecule has 0 N–H and O–H groups in total. The number of rotatable bonds is 2. The summed E-state index contributed by atoms with van der Waals surface area (Å²) in [5, 5.41) is 0. The molecule has 0 bridgehead atoms. The maximum absolute atomic E-state index is 12.9. The molecular formula is C19H11F3N2O. The standard InChI is InChI=1S/C19H11F3N2O/c20-19(21,22)13-6-7-17-16(10-13)24-18(25-17)14-8-9-23-11-15(14)12-4-2-1-3-5-12/h1-11H. The lowest BCUT2D eigenvalue weighted by molar-refractivity contribution is -0.137. The van der Waals surface area contributed by atoms with E-state index in [0.29, 0.717) is 11.1 Å². The van der Waals surface area contributed by atoms with Crippen molar-refractivity contribution in [3.63, 3.8) is 0 Å². The first-order valence-corrected chi connectivity index (χ1v) is 7.50. The Morgan fingerprint density at radius 1 is 0.880 bits per heavy atom. The topological polar surface area (TPSA) is 38.9 Å². The quantitative estimate of drug-likeness (QED) is 0.478. The van der Waals surface area contributed by atoms with Crippen LogP contribution in [0.4, 0.5) is 13.2 Å². The van der Waals surface area contributed by atoms with Gasteiger partial charge in [0.05, 0.1) is 5.56 Å². The molecule has 0 aliphatic rings. The molecule has 0 saturated heterocycles. The van der Waals surface area contributed by atoms with Crippen LogP contribution in [0.15, 0.2) is 71.4 Å². The lowest BCUT2D eigenvalue weighted by Gasteiger charge is -2.05. The molecule has 2 aromatic heterocycles. The molecule has 0 aliphatic carbocycles. The molecule has 0 saturated carbocycles. The number of aromatic nitrogens is 2. The third-order valence-corrected chi connectivity index (χ3v) is 3.85. The Kier molecular flexibility index (Phi) is 3.53. The minimum atomic E-state index is -4.42. The Morgan fingerprint density at radius 3 is 2.44 bits per heavy atom. The van der Waals surface area contributed by atoms with Gasteiger partial charge in [-0.25, -0.2) is 4.98 Å². The Balaban J connectivity index is 1.86. The van der Waals surface area contributed by atoms with E-state index in [-0.39, 0.29) is 11.4 Å². The van der Waals surface area contributed by atoms with Crippen molar-refractivity contribution in [1.82, 2.24) is 9.97 Å². The van der Waals surface area contributed by atoms with Crippen LogP contribution < -0.4 is 0 Å². The van der Waals surface area contributed by atoms with Gasteiger partial charge in [0.1, 0.15) is 5.52 Å². The molecule has 3 nitrogen and oxygen atoms in total. The van der Waals surface area contributed by atoms with Crippen LogP contribution in [0.1, 0.15) is 5.56 Å². The van der Waals surface area contributed by atoms with Crippen molar-refractivity contribution in [3.05, 3.63) is 72.6 Å². The smallest absolute Gasteiger partial charge is 0.416 e. The van der Waals surface area contributed by atoms with E-state index in [1.165, 1.54) is 6.07 Å². The molecule has 0 unspecified atom stereocenters. The zero-order valence-electron chi connectivity index (χ0n) is 12.8. The first-order chi connectivity index (χ1) is 12.0. The SMILES string of the molecule is FC(F)(F)c1ccc2oc(-c3ccncc3-c3ccccc3)nc2c1. The van der Waals surface area contributed by atoms with Crippen molar-refractivity contribution in [2.75, 3.05) is 0 Å². The number of nitrogens with zero attached hydrogens (tertiary/aromatic N) is 2. The minimum absolute atomic E-state index is 0.167. The molecule has 4 aromatic rings. The van der Waals surface area contributed by atoms with Gasteiger partial charge in [0, 0.05) is 23.5 Å². The van der Waals surface area contributed by atoms with E-state index in [4.69, 9.17) is 4.42 Å². The summed E-state index contributed by atoms with van der Waals surface area (Å²) in [7, 11) is 0. The molecule has 0 radical (unpaired) electrons. The predicted octanol–water partition coefficient (Wildman–Crippen LogP) is 5.58. The Labute approximate surface area is 140 Å². The number of hydrogen-bond acceptors (Lipinski definition) is 3. The van der Waals surface area contributed by atoms with E-state index in [1.807, 2.05) is 30.3 Å². The Morgan fingerprint density at radius 2 is 1.68 bits per heavy atom. The van der Waals surface area contributed by atoms with E-state index in [1.54, 1.807) is 18.5 Å². The maximum atomic E-state index is 12.9. The summed E-state index contributed by atoms with van der Waals surface area (Å²) >= 11 is 0. The van der Waals surface area contributed by atoms with Gasteiger partial charge >= 0.3 is 6.18 Å². The van der Waals surface area contributed by atoms with Gasteiger partial charge in [0.15, 0.2) is 5.58 Å². The molecule has 0 atom stereocenters. The van der Waals surface area contributed by atoms with Crippen LogP contribution in [-0.4, -0.2) is 9.97 Å². The van der Waals surface area contributed by atoms with Crippen molar-refractivity contribution in [1.29, 1.82) is 0 Å². The molecule has 2 aromatic carbocycles. The second kappa shape index (κ2) is 5.73. The lowest BCUT2D eigenvalue weighted by Crippen LogP contribution is -2.03. The van der Waals surface area contributed by atoms with E-state index in [9.17, 15) is 13.2 Å². The van der Waals surface area contributed by atoms with Crippen LogP contribution in [0, 0.1) is 0 Å². The Bertz CT molecular complexity index is 1040. The van der Waals surface area contributed by atoms with Gasteiger partial charge in [-0.15, -0.1) is 0 Å². The van der Waals surface area contributed by atoms with E-state index < -0.39 is 11.7 Å². The fourth-order valence-electron chi connectivity index (χ4n) is 2.65. The van der Waals surface area contributed by atoms with Crippen molar-refractivity contribution < 1.29 is 17.6 Å². The average molecular weight is 340 g/mol. The highest BCUT2D eigenvalue weighted by molar-refractivity contribution is 5.83. The van der Waals surface area contributed by atoms with Crippen molar-refractivity contribution in [2.24, 2.45) is 0 Å². The minimum Gasteiger partial charge on any atom is -0.436 e. The van der Waals surface area contributed by atoms with Crippen LogP contribution in [0.25, 0.3) is 33.7 Å². The van der Waals surface area contributed by atoms with Crippen molar-refractivity contribution in [3.8, 4) is 22.6 Å². The van der Waals surface area contributed by atoms with Crippen molar-refractivity contribution >= 4 is 11.1 Å². The first kappa shape index (κ1) is 15.4. The predicted molar refractivity (Wildman–Crippen MR) is 87.7 cm³/mol. The van der Waals surface area contributed by atoms with Crippen LogP contribution in [0.2, 0.25) is 0 Å². The number of pyridine rings is 1. The number of halogens is 3. The zero-order valence-corrected chi connectivity index (χ0v) is 12.8. The van der Waals surface area contributed by atoms with Gasteiger partial charge in [-0.3, -0.25) is 4.98 Å². The summed E-state index contributed by atoms with van der Waals surface area (Å²) in [5.74, 6) is 0.260. The lowest BCUT2D eigenvalue weighted by atomic mass is 10.0. The second-order valence-electron chi connectivity index (χ2n) is 5.49. The van der Waals surface area contributed by atoms with E-state index in [0.717, 1.165) is 23.3 Å². The Hall–Kier alpha value is -3.15. The van der Waals surface area contributed by atoms with Crippen LogP contribution in [-0.2, 0) is 6.18 Å². The molecule has 4 rings (SSSR count). The van der Waals surface area contributed by atoms with Crippen molar-refractivity contribution in [2.45, 2.75) is 6.18 Å². The second-order valence-corrected chi connectivity index (χ2v) is 5.49. The van der Waals surface area contributed by atoms with Crippen LogP contribution in [0.5, 0.6) is 0 Å². The summed E-state index contributed by atoms with van der Waals surface area (Å²) in [6.07, 6.45) is -1.14. The van der Waals surface area contributed by atoms with Gasteiger partial charge in [-0.1, -0.05) is 30.3 Å². The average Bonchev–Trinajstić information content (AvgIpc) is 3.05. The van der Waals surface area contributed by atoms with Crippen LogP contribution in [0.3, 0.4) is 0 Å². The number of benzene rings is 2. The number of oxazole rings is 1. The van der Waals surface area contributed by atoms with E-state index in [2.05, 4.69) is 9.97 Å². The summed E-state index contributed by atoms with van der Waals surface area (Å²) in [6.45, 7) is 0. The third-order valence-electron chi connectivity index (χ3n) is 3.85. The molecule has 0 amide bonds. The van der Waals surface area contributed by atoms with Gasteiger partial charge in [-0.05, 0) is 29.8 Å². The normalized spacial score (nSPS) is 11.8. The molecule has 6 heteroatoms. The summed E-state index contributed by atoms with van der Waals surface area (Å²) in [4.78, 5) is 8.38. The highest BCUT2D eigenvalue weighted by Gasteiger charge is 2.31. The monoisotopic (exact) mass is 340 g/mol. The molecule has 0 aliphatic heterocycles. The number of hydrogen-bond donors (Lipinski definition) is 0. The molecule has 124 valence electrons. The highest BCUT2D eigenvalue weighted by Crippen LogP contribution is 2.35. The number of alkyl halides is 3. The zero-order chi connectivity index (χ0) is 17.4. The maximum Gasteiger partial charge on any atom is 0.416 e. The van der Waals surface area contributed by atoms with Gasteiger partial charge < -0.3 is 4.42 Å². The molecule has 0 spiro atoms. The van der Waals surface area contributed by atoms with Crippen LogP contribution >= 0.6 is 0 Å². The highest BCUT2D eigenvalue weighted by atomic mass is 19.4. The van der Waals surface area contributed by atoms with Gasteiger partial charge in [0.25, 0.3) is 0 Å². The van der Waals surface area contributed by atoms with Gasteiger partial charge in [0.2, 0.25) is 5.89 Å². The molecule has 2 heterocycles. The summed E-state index contributed by atoms with van der Waals surface area (Å²) < 4.78 is 44.3. The molecule has 0 fully saturated rings. The largest absolute Gasteiger partial charge is 0.436 e. The third kappa shape index (κ3) is 2.87. The summed E-state index contributed by atoms with van der Waals surface area (Å²) in [6, 6.07) is 14.5. The molecular weight excluding hydrogens is 329 g/mol. The first-order valence-electron chi connectivity index (χ1n) is 7.50. The fourth-order valence-corrected chi connectivity index (χ4v) is 2.65. The van der Waals surface area contributed by atoms with Gasteiger partial charge in [-0.2, -0.15) is 13.2 Å². The van der Waals surface area contributed by atoms with E-state index >= 15 is 0 Å². The fraction of sp³-hybridized carbons (Fsp3) is 0.0526. The summed E-state index contributed by atoms with van der Waals surface area (Å²) in [5.41, 5.74) is 2.11. The molecule has 25 heavy (non-hydrogen) atoms.